The van der Waals surface area contributed by atoms with Gasteiger partial charge in [0.25, 0.3) is 0 Å². The van der Waals surface area contributed by atoms with Crippen LogP contribution in [0.1, 0.15) is 44.7 Å². The van der Waals surface area contributed by atoms with Crippen molar-refractivity contribution < 1.29 is 4.74 Å². The van der Waals surface area contributed by atoms with Crippen molar-refractivity contribution in [1.29, 1.82) is 0 Å². The van der Waals surface area contributed by atoms with E-state index in [2.05, 4.69) is 43.9 Å². The van der Waals surface area contributed by atoms with Crippen molar-refractivity contribution in [2.24, 2.45) is 0 Å². The van der Waals surface area contributed by atoms with Crippen LogP contribution in [0.15, 0.2) is 18.2 Å². The van der Waals surface area contributed by atoms with E-state index in [-0.39, 0.29) is 0 Å². The number of hydrogen-bond donors (Lipinski definition) is 0. The summed E-state index contributed by atoms with van der Waals surface area (Å²) in [7, 11) is 0. The van der Waals surface area contributed by atoms with Gasteiger partial charge in [-0.15, -0.1) is 11.8 Å². The molecular formula is C16H22O. The lowest BCUT2D eigenvalue weighted by Crippen LogP contribution is -1.98. The van der Waals surface area contributed by atoms with Crippen molar-refractivity contribution in [2.45, 2.75) is 46.5 Å². The number of ether oxygens (including phenoxy) is 1. The first kappa shape index (κ1) is 13.6. The fourth-order valence-electron chi connectivity index (χ4n) is 1.81. The Hall–Kier alpha value is -1.42. The Balaban J connectivity index is 2.73. The zero-order valence-electron chi connectivity index (χ0n) is 11.2. The van der Waals surface area contributed by atoms with Crippen LogP contribution in [0.3, 0.4) is 0 Å². The van der Waals surface area contributed by atoms with Crippen LogP contribution in [0.2, 0.25) is 0 Å². The largest absolute Gasteiger partial charge is 0.494 e. The Morgan fingerprint density at radius 2 is 2.00 bits per heavy atom. The van der Waals surface area contributed by atoms with Gasteiger partial charge in [-0.3, -0.25) is 0 Å². The second kappa shape index (κ2) is 7.79. The summed E-state index contributed by atoms with van der Waals surface area (Å²) >= 11 is 0. The normalized spacial score (nSPS) is 9.59. The average Bonchev–Trinajstić information content (AvgIpc) is 2.37. The second-order valence-electron chi connectivity index (χ2n) is 4.06. The lowest BCUT2D eigenvalue weighted by Gasteiger charge is -2.10. The maximum absolute atomic E-state index is 5.65. The monoisotopic (exact) mass is 230 g/mol. The van der Waals surface area contributed by atoms with Crippen molar-refractivity contribution in [3.05, 3.63) is 29.3 Å². The SMILES string of the molecule is CC#CCCc1ccc(OCCC)cc1CC. The molecule has 0 amide bonds. The molecule has 1 heteroatoms. The quantitative estimate of drug-likeness (QED) is 0.671. The first-order valence-electron chi connectivity index (χ1n) is 6.46. The van der Waals surface area contributed by atoms with Gasteiger partial charge in [-0.05, 0) is 49.4 Å². The Morgan fingerprint density at radius 3 is 2.65 bits per heavy atom. The van der Waals surface area contributed by atoms with Crippen LogP contribution in [0.5, 0.6) is 5.75 Å². The smallest absolute Gasteiger partial charge is 0.119 e. The first-order valence-corrected chi connectivity index (χ1v) is 6.46. The molecule has 0 aliphatic heterocycles. The van der Waals surface area contributed by atoms with Gasteiger partial charge in [0.1, 0.15) is 5.75 Å². The molecule has 0 aliphatic rings. The Kier molecular flexibility index (Phi) is 6.25. The molecule has 0 N–H and O–H groups in total. The third-order valence-electron chi connectivity index (χ3n) is 2.73. The molecule has 0 aromatic heterocycles. The Morgan fingerprint density at radius 1 is 1.18 bits per heavy atom. The maximum atomic E-state index is 5.65. The van der Waals surface area contributed by atoms with E-state index in [0.717, 1.165) is 38.0 Å². The second-order valence-corrected chi connectivity index (χ2v) is 4.06. The Labute approximate surface area is 105 Å². The Bertz CT molecular complexity index is 396. The van der Waals surface area contributed by atoms with E-state index < -0.39 is 0 Å². The lowest BCUT2D eigenvalue weighted by molar-refractivity contribution is 0.317. The molecule has 0 aliphatic carbocycles. The standard InChI is InChI=1S/C16H22O/c1-4-7-8-9-15-10-11-16(17-12-5-2)13-14(15)6-3/h10-11,13H,5-6,8-9,12H2,1-3H3. The number of benzene rings is 1. The highest BCUT2D eigenvalue weighted by Crippen LogP contribution is 2.20. The van der Waals surface area contributed by atoms with E-state index in [1.165, 1.54) is 11.1 Å². The molecule has 1 aromatic rings. The summed E-state index contributed by atoms with van der Waals surface area (Å²) in [5, 5.41) is 0. The molecule has 0 radical (unpaired) electrons. The number of aryl methyl sites for hydroxylation is 2. The van der Waals surface area contributed by atoms with Gasteiger partial charge >= 0.3 is 0 Å². The third-order valence-corrected chi connectivity index (χ3v) is 2.73. The first-order chi connectivity index (χ1) is 8.31. The highest BCUT2D eigenvalue weighted by molar-refractivity contribution is 5.36. The fraction of sp³-hybridized carbons (Fsp3) is 0.500. The van der Waals surface area contributed by atoms with Crippen molar-refractivity contribution in [2.75, 3.05) is 6.61 Å². The van der Waals surface area contributed by atoms with Gasteiger partial charge in [-0.1, -0.05) is 19.9 Å². The van der Waals surface area contributed by atoms with Gasteiger partial charge in [0, 0.05) is 6.42 Å². The van der Waals surface area contributed by atoms with Crippen molar-refractivity contribution in [3.63, 3.8) is 0 Å². The van der Waals surface area contributed by atoms with Crippen LogP contribution < -0.4 is 4.74 Å². The van der Waals surface area contributed by atoms with Crippen molar-refractivity contribution in [3.8, 4) is 17.6 Å². The van der Waals surface area contributed by atoms with Crippen molar-refractivity contribution >= 4 is 0 Å². The molecule has 17 heavy (non-hydrogen) atoms. The molecule has 1 aromatic carbocycles. The molecule has 0 fully saturated rings. The summed E-state index contributed by atoms with van der Waals surface area (Å²) in [6.45, 7) is 7.00. The topological polar surface area (TPSA) is 9.23 Å². The van der Waals surface area contributed by atoms with E-state index in [1.807, 2.05) is 6.92 Å². The minimum Gasteiger partial charge on any atom is -0.494 e. The minimum absolute atomic E-state index is 0.795. The van der Waals surface area contributed by atoms with Gasteiger partial charge in [0.05, 0.1) is 6.61 Å². The van der Waals surface area contributed by atoms with E-state index in [4.69, 9.17) is 4.74 Å². The summed E-state index contributed by atoms with van der Waals surface area (Å²) in [5.74, 6) is 7.05. The maximum Gasteiger partial charge on any atom is 0.119 e. The summed E-state index contributed by atoms with van der Waals surface area (Å²) < 4.78 is 5.65. The van der Waals surface area contributed by atoms with Gasteiger partial charge < -0.3 is 4.74 Å². The third kappa shape index (κ3) is 4.53. The average molecular weight is 230 g/mol. The molecule has 0 bridgehead atoms. The molecular weight excluding hydrogens is 208 g/mol. The van der Waals surface area contributed by atoms with Gasteiger partial charge in [0.2, 0.25) is 0 Å². The fourth-order valence-corrected chi connectivity index (χ4v) is 1.81. The number of hydrogen-bond acceptors (Lipinski definition) is 1. The predicted octanol–water partition coefficient (Wildman–Crippen LogP) is 3.99. The summed E-state index contributed by atoms with van der Waals surface area (Å²) in [6.07, 6.45) is 4.09. The van der Waals surface area contributed by atoms with Gasteiger partial charge in [0.15, 0.2) is 0 Å². The molecule has 1 rings (SSSR count). The highest BCUT2D eigenvalue weighted by Gasteiger charge is 2.02. The summed E-state index contributed by atoms with van der Waals surface area (Å²) in [6, 6.07) is 6.43. The number of rotatable bonds is 6. The van der Waals surface area contributed by atoms with Crippen LogP contribution in [0, 0.1) is 11.8 Å². The summed E-state index contributed by atoms with van der Waals surface area (Å²) in [4.78, 5) is 0. The highest BCUT2D eigenvalue weighted by atomic mass is 16.5. The molecule has 1 nitrogen and oxygen atoms in total. The predicted molar refractivity (Wildman–Crippen MR) is 73.4 cm³/mol. The zero-order chi connectivity index (χ0) is 12.5. The zero-order valence-corrected chi connectivity index (χ0v) is 11.2. The molecule has 0 spiro atoms. The molecule has 0 saturated carbocycles. The van der Waals surface area contributed by atoms with E-state index in [9.17, 15) is 0 Å². The van der Waals surface area contributed by atoms with Gasteiger partial charge in [-0.2, -0.15) is 0 Å². The van der Waals surface area contributed by atoms with E-state index >= 15 is 0 Å². The summed E-state index contributed by atoms with van der Waals surface area (Å²) in [5.41, 5.74) is 2.79. The van der Waals surface area contributed by atoms with Crippen molar-refractivity contribution in [1.82, 2.24) is 0 Å². The lowest BCUT2D eigenvalue weighted by atomic mass is 10.0. The minimum atomic E-state index is 0.795. The van der Waals surface area contributed by atoms with Gasteiger partial charge in [-0.25, -0.2) is 0 Å². The molecule has 0 atom stereocenters. The molecule has 0 saturated heterocycles. The van der Waals surface area contributed by atoms with Crippen LogP contribution in [-0.2, 0) is 12.8 Å². The van der Waals surface area contributed by atoms with Crippen LogP contribution in [-0.4, -0.2) is 6.61 Å². The van der Waals surface area contributed by atoms with E-state index in [1.54, 1.807) is 0 Å². The molecule has 92 valence electrons. The van der Waals surface area contributed by atoms with E-state index in [0.29, 0.717) is 0 Å². The van der Waals surface area contributed by atoms with Crippen LogP contribution in [0.4, 0.5) is 0 Å². The molecule has 0 heterocycles. The van der Waals surface area contributed by atoms with Crippen LogP contribution >= 0.6 is 0 Å². The molecule has 0 unspecified atom stereocenters. The van der Waals surface area contributed by atoms with Crippen LogP contribution in [0.25, 0.3) is 0 Å².